The van der Waals surface area contributed by atoms with E-state index in [0.717, 1.165) is 9.65 Å². The van der Waals surface area contributed by atoms with Crippen LogP contribution >= 0.6 is 11.6 Å². The second-order valence-corrected chi connectivity index (χ2v) is 6.33. The first kappa shape index (κ1) is 13.0. The van der Waals surface area contributed by atoms with Crippen molar-refractivity contribution in [2.75, 3.05) is 0 Å². The van der Waals surface area contributed by atoms with Crippen molar-refractivity contribution < 1.29 is 8.42 Å². The zero-order chi connectivity index (χ0) is 14.3. The van der Waals surface area contributed by atoms with Crippen molar-refractivity contribution in [1.29, 1.82) is 0 Å². The molecule has 0 radical (unpaired) electrons. The fourth-order valence-corrected chi connectivity index (χ4v) is 3.18. The number of rotatable bonds is 2. The number of fused-ring (bicyclic) bond motifs is 1. The van der Waals surface area contributed by atoms with Gasteiger partial charge in [-0.05, 0) is 19.1 Å². The second-order valence-electron chi connectivity index (χ2n) is 4.21. The first-order chi connectivity index (χ1) is 9.50. The van der Waals surface area contributed by atoms with E-state index in [-0.39, 0.29) is 15.7 Å². The normalized spacial score (nSPS) is 11.9. The molecule has 3 rings (SSSR count). The third kappa shape index (κ3) is 1.95. The molecule has 0 saturated carbocycles. The fraction of sp³-hybridized carbons (Fsp3) is 0.0833. The maximum absolute atomic E-state index is 12.5. The minimum atomic E-state index is -3.80. The molecule has 3 aromatic rings. The Morgan fingerprint density at radius 3 is 2.55 bits per heavy atom. The van der Waals surface area contributed by atoms with E-state index in [2.05, 4.69) is 15.1 Å². The van der Waals surface area contributed by atoms with Crippen LogP contribution in [0.2, 0.25) is 5.15 Å². The van der Waals surface area contributed by atoms with Crippen LogP contribution < -0.4 is 0 Å². The van der Waals surface area contributed by atoms with Crippen molar-refractivity contribution in [1.82, 2.24) is 19.2 Å². The van der Waals surface area contributed by atoms with E-state index in [0.29, 0.717) is 5.39 Å². The Kier molecular flexibility index (Phi) is 2.95. The van der Waals surface area contributed by atoms with E-state index < -0.39 is 10.0 Å². The molecule has 0 aliphatic rings. The van der Waals surface area contributed by atoms with E-state index in [9.17, 15) is 8.42 Å². The Morgan fingerprint density at radius 2 is 1.85 bits per heavy atom. The summed E-state index contributed by atoms with van der Waals surface area (Å²) in [7, 11) is -3.80. The predicted molar refractivity (Wildman–Crippen MR) is 74.1 cm³/mol. The summed E-state index contributed by atoms with van der Waals surface area (Å²) in [6.07, 6.45) is 2.54. The molecular weight excluding hydrogens is 300 g/mol. The molecule has 0 aliphatic carbocycles. The van der Waals surface area contributed by atoms with Gasteiger partial charge in [-0.3, -0.25) is 0 Å². The third-order valence-corrected chi connectivity index (χ3v) is 4.73. The van der Waals surface area contributed by atoms with Crippen LogP contribution in [0.3, 0.4) is 0 Å². The van der Waals surface area contributed by atoms with E-state index in [4.69, 9.17) is 11.6 Å². The van der Waals surface area contributed by atoms with Crippen molar-refractivity contribution in [3.05, 3.63) is 47.5 Å². The zero-order valence-electron chi connectivity index (χ0n) is 10.4. The van der Waals surface area contributed by atoms with Gasteiger partial charge in [-0.15, -0.1) is 4.09 Å². The van der Waals surface area contributed by atoms with Gasteiger partial charge in [0.25, 0.3) is 10.0 Å². The summed E-state index contributed by atoms with van der Waals surface area (Å²) in [4.78, 5) is 7.87. The summed E-state index contributed by atoms with van der Waals surface area (Å²) in [5, 5.41) is 4.43. The molecule has 0 aliphatic heterocycles. The number of hydrogen-bond donors (Lipinski definition) is 0. The summed E-state index contributed by atoms with van der Waals surface area (Å²) < 4.78 is 25.9. The molecule has 0 unspecified atom stereocenters. The van der Waals surface area contributed by atoms with Crippen LogP contribution in [0.15, 0.2) is 41.7 Å². The van der Waals surface area contributed by atoms with E-state index in [1.807, 2.05) is 6.92 Å². The quantitative estimate of drug-likeness (QED) is 0.677. The SMILES string of the molecule is Cc1ccc(S(=O)(=O)n2ncc3c(Cl)ncnc32)cc1. The highest BCUT2D eigenvalue weighted by Gasteiger charge is 2.22. The third-order valence-electron chi connectivity index (χ3n) is 2.83. The van der Waals surface area contributed by atoms with E-state index >= 15 is 0 Å². The first-order valence-electron chi connectivity index (χ1n) is 5.66. The molecule has 0 atom stereocenters. The highest BCUT2D eigenvalue weighted by Crippen LogP contribution is 2.22. The lowest BCUT2D eigenvalue weighted by Gasteiger charge is -2.05. The maximum Gasteiger partial charge on any atom is 0.284 e. The molecular formula is C12H9ClN4O2S. The zero-order valence-corrected chi connectivity index (χ0v) is 11.9. The lowest BCUT2D eigenvalue weighted by molar-refractivity contribution is 0.582. The maximum atomic E-state index is 12.5. The molecule has 6 nitrogen and oxygen atoms in total. The molecule has 2 heterocycles. The van der Waals surface area contributed by atoms with Gasteiger partial charge in [0.05, 0.1) is 16.5 Å². The van der Waals surface area contributed by atoms with Gasteiger partial charge >= 0.3 is 0 Å². The van der Waals surface area contributed by atoms with Crippen LogP contribution in [0.1, 0.15) is 5.56 Å². The molecule has 8 heteroatoms. The van der Waals surface area contributed by atoms with Crippen molar-refractivity contribution >= 4 is 32.7 Å². The number of aromatic nitrogens is 4. The van der Waals surface area contributed by atoms with Crippen LogP contribution in [0.5, 0.6) is 0 Å². The fourth-order valence-electron chi connectivity index (χ4n) is 1.78. The molecule has 102 valence electrons. The van der Waals surface area contributed by atoms with Crippen LogP contribution in [-0.4, -0.2) is 27.6 Å². The van der Waals surface area contributed by atoms with Crippen molar-refractivity contribution in [2.45, 2.75) is 11.8 Å². The van der Waals surface area contributed by atoms with E-state index in [1.54, 1.807) is 12.1 Å². The number of nitrogens with zero attached hydrogens (tertiary/aromatic N) is 4. The average molecular weight is 309 g/mol. The monoisotopic (exact) mass is 308 g/mol. The highest BCUT2D eigenvalue weighted by molar-refractivity contribution is 7.90. The number of aryl methyl sites for hydroxylation is 1. The van der Waals surface area contributed by atoms with Crippen LogP contribution in [0, 0.1) is 6.92 Å². The Balaban J connectivity index is 2.24. The molecule has 2 aromatic heterocycles. The first-order valence-corrected chi connectivity index (χ1v) is 7.48. The molecule has 1 aromatic carbocycles. The molecule has 20 heavy (non-hydrogen) atoms. The van der Waals surface area contributed by atoms with E-state index in [1.165, 1.54) is 24.7 Å². The number of halogens is 1. The van der Waals surface area contributed by atoms with Gasteiger partial charge in [0.2, 0.25) is 0 Å². The molecule has 0 N–H and O–H groups in total. The van der Waals surface area contributed by atoms with Gasteiger partial charge in [-0.1, -0.05) is 29.3 Å². The molecule has 0 fully saturated rings. The Morgan fingerprint density at radius 1 is 1.15 bits per heavy atom. The minimum Gasteiger partial charge on any atom is -0.224 e. The lowest BCUT2D eigenvalue weighted by atomic mass is 10.2. The largest absolute Gasteiger partial charge is 0.284 e. The van der Waals surface area contributed by atoms with Gasteiger partial charge in [-0.25, -0.2) is 9.97 Å². The summed E-state index contributed by atoms with van der Waals surface area (Å²) >= 11 is 5.89. The summed E-state index contributed by atoms with van der Waals surface area (Å²) in [5.74, 6) is 0. The molecule has 0 bridgehead atoms. The highest BCUT2D eigenvalue weighted by atomic mass is 35.5. The van der Waals surface area contributed by atoms with Crippen LogP contribution in [0.25, 0.3) is 11.0 Å². The van der Waals surface area contributed by atoms with Crippen molar-refractivity contribution in [3.8, 4) is 0 Å². The number of benzene rings is 1. The van der Waals surface area contributed by atoms with Crippen LogP contribution in [0.4, 0.5) is 0 Å². The van der Waals surface area contributed by atoms with Gasteiger partial charge in [0, 0.05) is 0 Å². The summed E-state index contributed by atoms with van der Waals surface area (Å²) in [6, 6.07) is 6.50. The molecule has 0 spiro atoms. The minimum absolute atomic E-state index is 0.142. The van der Waals surface area contributed by atoms with Crippen molar-refractivity contribution in [2.24, 2.45) is 0 Å². The smallest absolute Gasteiger partial charge is 0.224 e. The number of hydrogen-bond acceptors (Lipinski definition) is 5. The van der Waals surface area contributed by atoms with Crippen molar-refractivity contribution in [3.63, 3.8) is 0 Å². The molecule has 0 amide bonds. The molecule has 0 saturated heterocycles. The van der Waals surface area contributed by atoms with Gasteiger partial charge < -0.3 is 0 Å². The Bertz CT molecular complexity index is 887. The average Bonchev–Trinajstić information content (AvgIpc) is 2.85. The van der Waals surface area contributed by atoms with Gasteiger partial charge in [0.1, 0.15) is 11.5 Å². The summed E-state index contributed by atoms with van der Waals surface area (Å²) in [5.41, 5.74) is 1.13. The lowest BCUT2D eigenvalue weighted by Crippen LogP contribution is -2.15. The van der Waals surface area contributed by atoms with Gasteiger partial charge in [0.15, 0.2) is 5.65 Å². The Hall–Kier alpha value is -1.99. The topological polar surface area (TPSA) is 77.7 Å². The Labute approximate surface area is 120 Å². The van der Waals surface area contributed by atoms with Crippen LogP contribution in [-0.2, 0) is 10.0 Å². The second kappa shape index (κ2) is 4.53. The summed E-state index contributed by atoms with van der Waals surface area (Å²) in [6.45, 7) is 1.88. The predicted octanol–water partition coefficient (Wildman–Crippen LogP) is 2.03. The van der Waals surface area contributed by atoms with Gasteiger partial charge in [-0.2, -0.15) is 13.5 Å². The standard InChI is InChI=1S/C12H9ClN4O2S/c1-8-2-4-9(5-3-8)20(18,19)17-12-10(6-16-17)11(13)14-7-15-12/h2-7H,1H3.